The molecule has 1 radical (unpaired) electrons. The molecule has 3 atom stereocenters. The van der Waals surface area contributed by atoms with E-state index in [2.05, 4.69) is 4.98 Å². The summed E-state index contributed by atoms with van der Waals surface area (Å²) in [6.07, 6.45) is 3.66. The quantitative estimate of drug-likeness (QED) is 0.172. The van der Waals surface area contributed by atoms with Crippen molar-refractivity contribution in [2.24, 2.45) is 0 Å². The van der Waals surface area contributed by atoms with Gasteiger partial charge in [0.05, 0.1) is 38.0 Å². The number of hydrogen-bond donors (Lipinski definition) is 4. The first kappa shape index (κ1) is 33.1. The number of carboxylic acids is 3. The van der Waals surface area contributed by atoms with Gasteiger partial charge in [0.2, 0.25) is 0 Å². The average molecular weight is 586 g/mol. The molecule has 0 bridgehead atoms. The van der Waals surface area contributed by atoms with Crippen molar-refractivity contribution in [1.29, 1.82) is 0 Å². The van der Waals surface area contributed by atoms with Crippen molar-refractivity contribution in [1.82, 2.24) is 14.8 Å². The molecule has 207 valence electrons. The van der Waals surface area contributed by atoms with Crippen LogP contribution in [-0.2, 0) is 58.2 Å². The minimum absolute atomic E-state index is 0. The Kier molecular flexibility index (Phi) is 13.9. The first-order valence-electron chi connectivity index (χ1n) is 11.6. The summed E-state index contributed by atoms with van der Waals surface area (Å²) in [6, 6.07) is 2.45. The topological polar surface area (TPSA) is 187 Å². The summed E-state index contributed by atoms with van der Waals surface area (Å²) in [5.74, 6) is -3.39. The number of phosphoric acid groups is 1. The van der Waals surface area contributed by atoms with E-state index in [-0.39, 0.29) is 42.8 Å². The zero-order valence-corrected chi connectivity index (χ0v) is 22.8. The van der Waals surface area contributed by atoms with Gasteiger partial charge >= 0.3 is 42.8 Å². The van der Waals surface area contributed by atoms with Gasteiger partial charge in [0.1, 0.15) is 0 Å². The second-order valence-electron chi connectivity index (χ2n) is 8.96. The maximum Gasteiger partial charge on any atom is 2.00 e. The SMILES string of the molecule is CC(C)OP(=O)(O)OCc1ccc(CN(CC(=O)O)[C@H]2CCCCC2N(CC(=O)O)CC(=O)O)nc1.[Mn+2]. The second kappa shape index (κ2) is 15.5. The van der Waals surface area contributed by atoms with Crippen LogP contribution >= 0.6 is 7.82 Å². The molecule has 2 unspecified atom stereocenters. The molecule has 0 aromatic carbocycles. The molecule has 1 heterocycles. The Balaban J connectivity index is 0.00000684. The fourth-order valence-corrected chi connectivity index (χ4v) is 5.25. The van der Waals surface area contributed by atoms with Gasteiger partial charge in [-0.3, -0.25) is 38.2 Å². The van der Waals surface area contributed by atoms with Crippen molar-refractivity contribution >= 4 is 25.7 Å². The van der Waals surface area contributed by atoms with E-state index in [1.165, 1.54) is 11.1 Å². The number of phosphoric ester groups is 1. The fourth-order valence-electron chi connectivity index (χ4n) is 4.34. The van der Waals surface area contributed by atoms with Crippen LogP contribution in [0.25, 0.3) is 0 Å². The molecule has 1 saturated carbocycles. The third-order valence-corrected chi connectivity index (χ3v) is 6.78. The van der Waals surface area contributed by atoms with Crippen molar-refractivity contribution in [3.63, 3.8) is 0 Å². The minimum Gasteiger partial charge on any atom is -0.480 e. The Labute approximate surface area is 225 Å². The number of rotatable bonds is 15. The van der Waals surface area contributed by atoms with Crippen molar-refractivity contribution < 1.29 is 65.3 Å². The molecule has 2 rings (SSSR count). The summed E-state index contributed by atoms with van der Waals surface area (Å²) >= 11 is 0. The summed E-state index contributed by atoms with van der Waals surface area (Å²) in [4.78, 5) is 51.4. The van der Waals surface area contributed by atoms with Gasteiger partial charge in [0, 0.05) is 24.8 Å². The second-order valence-corrected chi connectivity index (χ2v) is 10.4. The normalized spacial score (nSPS) is 19.4. The molecule has 1 fully saturated rings. The number of carbonyl (C=O) groups is 3. The average Bonchev–Trinajstić information content (AvgIpc) is 2.76. The van der Waals surface area contributed by atoms with Crippen LogP contribution < -0.4 is 0 Å². The molecule has 1 aliphatic rings. The van der Waals surface area contributed by atoms with Crippen LogP contribution in [0, 0.1) is 0 Å². The summed E-state index contributed by atoms with van der Waals surface area (Å²) in [6.45, 7) is 1.87. The third kappa shape index (κ3) is 12.0. The molecule has 0 amide bonds. The maximum absolute atomic E-state index is 11.9. The molecule has 0 saturated heterocycles. The number of carboxylic acid groups (broad SMARTS) is 3. The molecule has 1 aromatic heterocycles. The first-order chi connectivity index (χ1) is 16.9. The fraction of sp³-hybridized carbons (Fsp3) is 0.636. The number of aromatic nitrogens is 1. The largest absolute Gasteiger partial charge is 2.00 e. The van der Waals surface area contributed by atoms with Crippen LogP contribution in [0.3, 0.4) is 0 Å². The Morgan fingerprint density at radius 2 is 1.51 bits per heavy atom. The Morgan fingerprint density at radius 1 is 1.00 bits per heavy atom. The number of pyridine rings is 1. The van der Waals surface area contributed by atoms with Crippen molar-refractivity contribution in [3.05, 3.63) is 29.6 Å². The molecule has 4 N–H and O–H groups in total. The van der Waals surface area contributed by atoms with Gasteiger partial charge in [0.15, 0.2) is 0 Å². The van der Waals surface area contributed by atoms with E-state index in [9.17, 15) is 39.2 Å². The Hall–Kier alpha value is -1.89. The van der Waals surface area contributed by atoms with Gasteiger partial charge in [-0.25, -0.2) is 4.57 Å². The van der Waals surface area contributed by atoms with Gasteiger partial charge < -0.3 is 20.2 Å². The molecule has 15 heteroatoms. The Bertz CT molecular complexity index is 933. The van der Waals surface area contributed by atoms with Crippen LogP contribution in [0.5, 0.6) is 0 Å². The van der Waals surface area contributed by atoms with E-state index < -0.39 is 51.0 Å². The van der Waals surface area contributed by atoms with Crippen molar-refractivity contribution in [2.75, 3.05) is 19.6 Å². The molecule has 13 nitrogen and oxygen atoms in total. The number of nitrogens with zero attached hydrogens (tertiary/aromatic N) is 3. The maximum atomic E-state index is 11.9. The molecule has 37 heavy (non-hydrogen) atoms. The predicted molar refractivity (Wildman–Crippen MR) is 126 cm³/mol. The van der Waals surface area contributed by atoms with Gasteiger partial charge in [-0.15, -0.1) is 0 Å². The number of aliphatic carboxylic acids is 3. The first-order valence-corrected chi connectivity index (χ1v) is 13.1. The van der Waals surface area contributed by atoms with Crippen LogP contribution in [0.1, 0.15) is 50.8 Å². The Morgan fingerprint density at radius 3 is 1.97 bits per heavy atom. The predicted octanol–water partition coefficient (Wildman–Crippen LogP) is 1.79. The van der Waals surface area contributed by atoms with Crippen LogP contribution in [0.4, 0.5) is 0 Å². The number of hydrogen-bond acceptors (Lipinski definition) is 9. The standard InChI is InChI=1S/C22H34N3O10P.Mn/c1-15(2)35-36(32,33)34-14-16-7-8-17(23-9-16)10-24(11-20(26)27)18-5-3-4-6-19(18)25(12-21(28)29)13-22(30)31;/h7-9,15,18-19H,3-6,10-14H2,1-2H3,(H,26,27)(H,28,29)(H,30,31)(H,32,33);/q;+2/t18-,19?;/m0./s1. The van der Waals surface area contributed by atoms with Crippen LogP contribution in [0.15, 0.2) is 18.3 Å². The van der Waals surface area contributed by atoms with E-state index in [0.717, 1.165) is 12.8 Å². The van der Waals surface area contributed by atoms with E-state index in [0.29, 0.717) is 24.1 Å². The molecule has 0 aliphatic heterocycles. The van der Waals surface area contributed by atoms with E-state index in [4.69, 9.17) is 9.05 Å². The minimum atomic E-state index is -4.21. The van der Waals surface area contributed by atoms with Gasteiger partial charge in [-0.05, 0) is 38.3 Å². The van der Waals surface area contributed by atoms with Gasteiger partial charge in [-0.2, -0.15) is 0 Å². The van der Waals surface area contributed by atoms with Gasteiger partial charge in [-0.1, -0.05) is 18.9 Å². The molecule has 0 spiro atoms. The summed E-state index contributed by atoms with van der Waals surface area (Å²) in [5, 5.41) is 28.1. The molecule has 1 aliphatic carbocycles. The summed E-state index contributed by atoms with van der Waals surface area (Å²) in [7, 11) is -4.21. The third-order valence-electron chi connectivity index (χ3n) is 5.64. The monoisotopic (exact) mass is 586 g/mol. The molecular formula is C22H34MnN3O10P+2. The zero-order chi connectivity index (χ0) is 26.9. The van der Waals surface area contributed by atoms with E-state index in [1.54, 1.807) is 30.9 Å². The summed E-state index contributed by atoms with van der Waals surface area (Å²) in [5.41, 5.74) is 1.03. The summed E-state index contributed by atoms with van der Waals surface area (Å²) < 4.78 is 21.7. The van der Waals surface area contributed by atoms with Crippen LogP contribution in [-0.4, -0.2) is 90.7 Å². The van der Waals surface area contributed by atoms with Crippen molar-refractivity contribution in [2.45, 2.75) is 70.9 Å². The van der Waals surface area contributed by atoms with Gasteiger partial charge in [0.25, 0.3) is 0 Å². The zero-order valence-electron chi connectivity index (χ0n) is 20.7. The van der Waals surface area contributed by atoms with E-state index in [1.807, 2.05) is 0 Å². The molecular weight excluding hydrogens is 552 g/mol. The molecule has 1 aromatic rings. The van der Waals surface area contributed by atoms with Crippen molar-refractivity contribution in [3.8, 4) is 0 Å². The van der Waals surface area contributed by atoms with Crippen LogP contribution in [0.2, 0.25) is 0 Å². The smallest absolute Gasteiger partial charge is 0.480 e. The van der Waals surface area contributed by atoms with E-state index >= 15 is 0 Å².